The minimum atomic E-state index is 0.839. The van der Waals surface area contributed by atoms with Gasteiger partial charge in [-0.1, -0.05) is 18.2 Å². The van der Waals surface area contributed by atoms with Gasteiger partial charge in [-0.15, -0.1) is 0 Å². The number of rotatable bonds is 6. The zero-order chi connectivity index (χ0) is 17.6. The van der Waals surface area contributed by atoms with E-state index < -0.39 is 0 Å². The Morgan fingerprint density at radius 3 is 2.84 bits per heavy atom. The molecule has 0 aliphatic heterocycles. The summed E-state index contributed by atoms with van der Waals surface area (Å²) >= 11 is 0. The van der Waals surface area contributed by atoms with Crippen molar-refractivity contribution >= 4 is 16.9 Å². The van der Waals surface area contributed by atoms with E-state index in [2.05, 4.69) is 87.6 Å². The molecule has 0 bridgehead atoms. The van der Waals surface area contributed by atoms with Gasteiger partial charge in [0.2, 0.25) is 0 Å². The molecule has 5 nitrogen and oxygen atoms in total. The number of aliphatic imine (C=N–C) groups is 1. The largest absolute Gasteiger partial charge is 0.361 e. The van der Waals surface area contributed by atoms with Crippen LogP contribution < -0.4 is 5.32 Å². The summed E-state index contributed by atoms with van der Waals surface area (Å²) in [5.74, 6) is 0.931. The standard InChI is InChI=1S/C20H27N5/c1-21-20(25(3)15-17-9-7-13-24(17)2)22-12-6-8-16-14-23-19-11-5-4-10-18(16)19/h4-5,7,9-11,13-14,23H,6,8,12,15H2,1-3H3,(H,21,22). The molecule has 0 amide bonds. The molecule has 5 heteroatoms. The van der Waals surface area contributed by atoms with Crippen LogP contribution in [0.15, 0.2) is 53.8 Å². The lowest BCUT2D eigenvalue weighted by molar-refractivity contribution is 0.461. The number of aromatic amines is 1. The monoisotopic (exact) mass is 337 g/mol. The molecule has 0 unspecified atom stereocenters. The molecule has 0 spiro atoms. The lowest BCUT2D eigenvalue weighted by Gasteiger charge is -2.22. The molecule has 3 rings (SSSR count). The number of aryl methyl sites for hydroxylation is 2. The number of guanidine groups is 1. The van der Waals surface area contributed by atoms with E-state index in [1.165, 1.54) is 22.2 Å². The summed E-state index contributed by atoms with van der Waals surface area (Å²) in [4.78, 5) is 9.90. The molecule has 0 aliphatic carbocycles. The highest BCUT2D eigenvalue weighted by Gasteiger charge is 2.08. The van der Waals surface area contributed by atoms with E-state index in [4.69, 9.17) is 0 Å². The molecule has 132 valence electrons. The minimum Gasteiger partial charge on any atom is -0.361 e. The highest BCUT2D eigenvalue weighted by Crippen LogP contribution is 2.18. The lowest BCUT2D eigenvalue weighted by Crippen LogP contribution is -2.39. The van der Waals surface area contributed by atoms with Crippen LogP contribution in [0.1, 0.15) is 17.7 Å². The van der Waals surface area contributed by atoms with Crippen molar-refractivity contribution in [3.05, 3.63) is 60.0 Å². The van der Waals surface area contributed by atoms with E-state index in [0.29, 0.717) is 0 Å². The third-order valence-electron chi connectivity index (χ3n) is 4.60. The normalized spacial score (nSPS) is 11.9. The Morgan fingerprint density at radius 1 is 1.24 bits per heavy atom. The number of hydrogen-bond acceptors (Lipinski definition) is 1. The number of hydrogen-bond donors (Lipinski definition) is 2. The minimum absolute atomic E-state index is 0.839. The number of nitrogens with one attached hydrogen (secondary N) is 2. The second-order valence-electron chi connectivity index (χ2n) is 6.40. The summed E-state index contributed by atoms with van der Waals surface area (Å²) in [5.41, 5.74) is 3.86. The molecule has 0 fully saturated rings. The molecule has 0 saturated heterocycles. The van der Waals surface area contributed by atoms with Gasteiger partial charge in [0.1, 0.15) is 0 Å². The van der Waals surface area contributed by atoms with Gasteiger partial charge in [0.25, 0.3) is 0 Å². The van der Waals surface area contributed by atoms with E-state index in [1.807, 2.05) is 7.05 Å². The van der Waals surface area contributed by atoms with Crippen molar-refractivity contribution in [1.29, 1.82) is 0 Å². The first-order valence-electron chi connectivity index (χ1n) is 8.76. The van der Waals surface area contributed by atoms with Crippen LogP contribution in [0.3, 0.4) is 0 Å². The molecule has 0 atom stereocenters. The summed E-state index contributed by atoms with van der Waals surface area (Å²) < 4.78 is 2.14. The number of para-hydroxylation sites is 1. The lowest BCUT2D eigenvalue weighted by atomic mass is 10.1. The summed E-state index contributed by atoms with van der Waals surface area (Å²) in [6, 6.07) is 12.7. The number of benzene rings is 1. The maximum Gasteiger partial charge on any atom is 0.193 e. The second kappa shape index (κ2) is 7.92. The van der Waals surface area contributed by atoms with Crippen molar-refractivity contribution < 1.29 is 0 Å². The SMILES string of the molecule is CN=C(NCCCc1c[nH]c2ccccc12)N(C)Cc1cccn1C. The van der Waals surface area contributed by atoms with Gasteiger partial charge in [0.15, 0.2) is 5.96 Å². The number of aromatic nitrogens is 2. The topological polar surface area (TPSA) is 48.4 Å². The summed E-state index contributed by atoms with van der Waals surface area (Å²) in [6.07, 6.45) is 6.32. The summed E-state index contributed by atoms with van der Waals surface area (Å²) in [6.45, 7) is 1.75. The first kappa shape index (κ1) is 17.1. The second-order valence-corrected chi connectivity index (χ2v) is 6.40. The van der Waals surface area contributed by atoms with Crippen molar-refractivity contribution in [3.63, 3.8) is 0 Å². The molecular formula is C20H27N5. The smallest absolute Gasteiger partial charge is 0.193 e. The fourth-order valence-electron chi connectivity index (χ4n) is 3.18. The molecule has 3 aromatic rings. The van der Waals surface area contributed by atoms with Gasteiger partial charge in [0.05, 0.1) is 6.54 Å². The Hall–Kier alpha value is -2.69. The Morgan fingerprint density at radius 2 is 2.08 bits per heavy atom. The van der Waals surface area contributed by atoms with Gasteiger partial charge in [-0.05, 0) is 36.6 Å². The van der Waals surface area contributed by atoms with Gasteiger partial charge >= 0.3 is 0 Å². The summed E-state index contributed by atoms with van der Waals surface area (Å²) in [7, 11) is 5.98. The molecule has 1 aromatic carbocycles. The first-order chi connectivity index (χ1) is 12.2. The molecule has 0 radical (unpaired) electrons. The maximum absolute atomic E-state index is 4.40. The molecule has 2 N–H and O–H groups in total. The van der Waals surface area contributed by atoms with Gasteiger partial charge in [0, 0.05) is 56.7 Å². The van der Waals surface area contributed by atoms with Crippen LogP contribution >= 0.6 is 0 Å². The van der Waals surface area contributed by atoms with E-state index in [1.54, 1.807) is 0 Å². The maximum atomic E-state index is 4.40. The predicted octanol–water partition coefficient (Wildman–Crippen LogP) is 3.15. The number of nitrogens with zero attached hydrogens (tertiary/aromatic N) is 3. The van der Waals surface area contributed by atoms with Crippen molar-refractivity contribution in [3.8, 4) is 0 Å². The zero-order valence-electron chi connectivity index (χ0n) is 15.3. The number of fused-ring (bicyclic) bond motifs is 1. The van der Waals surface area contributed by atoms with Crippen molar-refractivity contribution in [1.82, 2.24) is 19.8 Å². The van der Waals surface area contributed by atoms with E-state index in [0.717, 1.165) is 31.9 Å². The van der Waals surface area contributed by atoms with Crippen LogP contribution in [0, 0.1) is 0 Å². The molecule has 2 heterocycles. The van der Waals surface area contributed by atoms with Crippen LogP contribution in [0.4, 0.5) is 0 Å². The van der Waals surface area contributed by atoms with Crippen molar-refractivity contribution in [2.75, 3.05) is 20.6 Å². The Bertz CT molecular complexity index is 843. The molecule has 25 heavy (non-hydrogen) atoms. The van der Waals surface area contributed by atoms with Crippen molar-refractivity contribution in [2.24, 2.45) is 12.0 Å². The molecule has 0 aliphatic rings. The van der Waals surface area contributed by atoms with Crippen LogP contribution in [0.2, 0.25) is 0 Å². The van der Waals surface area contributed by atoms with Crippen LogP contribution in [0.25, 0.3) is 10.9 Å². The Kier molecular flexibility index (Phi) is 5.43. The van der Waals surface area contributed by atoms with E-state index in [-0.39, 0.29) is 0 Å². The van der Waals surface area contributed by atoms with E-state index >= 15 is 0 Å². The third-order valence-corrected chi connectivity index (χ3v) is 4.60. The van der Waals surface area contributed by atoms with Gasteiger partial charge in [-0.2, -0.15) is 0 Å². The average molecular weight is 337 g/mol. The van der Waals surface area contributed by atoms with Crippen LogP contribution in [0.5, 0.6) is 0 Å². The highest BCUT2D eigenvalue weighted by molar-refractivity contribution is 5.83. The van der Waals surface area contributed by atoms with Crippen LogP contribution in [-0.4, -0.2) is 41.1 Å². The van der Waals surface area contributed by atoms with Gasteiger partial charge in [-0.3, -0.25) is 4.99 Å². The van der Waals surface area contributed by atoms with Crippen molar-refractivity contribution in [2.45, 2.75) is 19.4 Å². The number of H-pyrrole nitrogens is 1. The third kappa shape index (κ3) is 4.05. The molecule has 2 aromatic heterocycles. The Balaban J connectivity index is 1.49. The highest BCUT2D eigenvalue weighted by atomic mass is 15.3. The fraction of sp³-hybridized carbons (Fsp3) is 0.350. The van der Waals surface area contributed by atoms with Gasteiger partial charge < -0.3 is 19.8 Å². The quantitative estimate of drug-likeness (QED) is 0.412. The van der Waals surface area contributed by atoms with Gasteiger partial charge in [-0.25, -0.2) is 0 Å². The zero-order valence-corrected chi connectivity index (χ0v) is 15.3. The van der Waals surface area contributed by atoms with E-state index in [9.17, 15) is 0 Å². The fourth-order valence-corrected chi connectivity index (χ4v) is 3.18. The molecule has 0 saturated carbocycles. The summed E-state index contributed by atoms with van der Waals surface area (Å²) in [5, 5.41) is 4.79. The van der Waals surface area contributed by atoms with Crippen LogP contribution in [-0.2, 0) is 20.0 Å². The Labute approximate surface area is 149 Å². The average Bonchev–Trinajstić information content (AvgIpc) is 3.21. The molecular weight excluding hydrogens is 310 g/mol. The predicted molar refractivity (Wildman–Crippen MR) is 105 cm³/mol. The first-order valence-corrected chi connectivity index (χ1v) is 8.76.